The van der Waals surface area contributed by atoms with Crippen LogP contribution in [0.5, 0.6) is 0 Å². The Kier molecular flexibility index (Phi) is 32.0. The number of allylic oxidation sites excluding steroid dienone is 4. The lowest BCUT2D eigenvalue weighted by Crippen LogP contribution is -2.41. The number of rotatable bonds is 35. The van der Waals surface area contributed by atoms with E-state index in [4.69, 9.17) is 9.47 Å². The van der Waals surface area contributed by atoms with Crippen LogP contribution in [0.4, 0.5) is 0 Å². The number of ether oxygens (including phenoxy) is 2. The maximum atomic E-state index is 13.4. The molecule has 282 valence electrons. The van der Waals surface area contributed by atoms with E-state index in [0.29, 0.717) is 6.61 Å². The summed E-state index contributed by atoms with van der Waals surface area (Å²) in [5.74, 6) is 0.0387. The summed E-state index contributed by atoms with van der Waals surface area (Å²) in [4.78, 5) is 17.6. The minimum absolute atomic E-state index is 0.0217. The molecule has 1 saturated heterocycles. The minimum atomic E-state index is -0.724. The molecule has 0 aromatic heterocycles. The summed E-state index contributed by atoms with van der Waals surface area (Å²) in [6.07, 6.45) is 45.3. The van der Waals surface area contributed by atoms with E-state index in [2.05, 4.69) is 43.1 Å². The summed E-state index contributed by atoms with van der Waals surface area (Å²) >= 11 is 0. The number of unbranched alkanes of at least 4 members (excludes halogenated alkanes) is 24. The van der Waals surface area contributed by atoms with Crippen molar-refractivity contribution in [1.82, 2.24) is 9.80 Å². The Balaban J connectivity index is 2.19. The zero-order valence-electron chi connectivity index (χ0n) is 32.7. The minimum Gasteiger partial charge on any atom is -0.342 e. The van der Waals surface area contributed by atoms with Gasteiger partial charge in [-0.05, 0) is 78.3 Å². The molecule has 1 heterocycles. The Morgan fingerprint density at radius 1 is 0.542 bits per heavy atom. The summed E-state index contributed by atoms with van der Waals surface area (Å²) in [6, 6.07) is 0. The smallest absolute Gasteiger partial charge is 0.279 e. The lowest BCUT2D eigenvalue weighted by atomic mass is 10.1. The maximum absolute atomic E-state index is 13.4. The van der Waals surface area contributed by atoms with Gasteiger partial charge in [0, 0.05) is 19.6 Å². The van der Waals surface area contributed by atoms with E-state index < -0.39 is 6.29 Å². The molecule has 1 fully saturated rings. The molecule has 0 spiro atoms. The van der Waals surface area contributed by atoms with Crippen LogP contribution in [0.1, 0.15) is 194 Å². The van der Waals surface area contributed by atoms with Gasteiger partial charge in [0.25, 0.3) is 5.91 Å². The van der Waals surface area contributed by atoms with Crippen molar-refractivity contribution in [2.75, 3.05) is 40.3 Å². The number of carbonyl (C=O) groups excluding carboxylic acids is 1. The second kappa shape index (κ2) is 34.3. The van der Waals surface area contributed by atoms with Crippen LogP contribution in [0, 0.1) is 0 Å². The predicted molar refractivity (Wildman–Crippen MR) is 209 cm³/mol. The molecule has 0 aromatic rings. The van der Waals surface area contributed by atoms with Crippen LogP contribution in [-0.4, -0.2) is 68.4 Å². The number of hydrogen-bond donors (Lipinski definition) is 0. The molecule has 1 rings (SSSR count). The summed E-state index contributed by atoms with van der Waals surface area (Å²) in [6.45, 7) is 7.51. The second-order valence-corrected chi connectivity index (χ2v) is 14.9. The number of carbonyl (C=O) groups is 1. The molecule has 0 aromatic carbocycles. The van der Waals surface area contributed by atoms with Gasteiger partial charge in [-0.2, -0.15) is 0 Å². The van der Waals surface area contributed by atoms with Crippen molar-refractivity contribution >= 4 is 5.91 Å². The Morgan fingerprint density at radius 3 is 1.27 bits per heavy atom. The van der Waals surface area contributed by atoms with Gasteiger partial charge in [-0.15, -0.1) is 0 Å². The molecule has 2 atom stereocenters. The van der Waals surface area contributed by atoms with Crippen LogP contribution in [-0.2, 0) is 14.3 Å². The molecule has 0 saturated carbocycles. The largest absolute Gasteiger partial charge is 0.342 e. The van der Waals surface area contributed by atoms with E-state index in [9.17, 15) is 4.79 Å². The van der Waals surface area contributed by atoms with Gasteiger partial charge < -0.3 is 19.3 Å². The van der Waals surface area contributed by atoms with Gasteiger partial charge in [0.2, 0.25) is 6.29 Å². The molecule has 1 amide bonds. The van der Waals surface area contributed by atoms with Crippen LogP contribution in [0.15, 0.2) is 24.3 Å². The lowest BCUT2D eigenvalue weighted by molar-refractivity contribution is -0.160. The van der Waals surface area contributed by atoms with Gasteiger partial charge in [-0.3, -0.25) is 4.79 Å². The standard InChI is InChI=1S/C43H82N2O3/c1-5-7-9-11-13-15-17-19-21-23-25-27-29-31-33-35-37-45(42(46)43-47-40-41(48-43)39-44(3)4)38-36-34-32-30-28-26-24-22-20-18-16-14-12-10-8-6-2/h19-22,41,43H,5-18,23-40H2,1-4H3/b21-19-,22-20-. The predicted octanol–water partition coefficient (Wildman–Crippen LogP) is 12.2. The molecule has 0 aliphatic carbocycles. The van der Waals surface area contributed by atoms with Crippen molar-refractivity contribution in [3.63, 3.8) is 0 Å². The van der Waals surface area contributed by atoms with Crippen molar-refractivity contribution in [3.8, 4) is 0 Å². The third-order valence-corrected chi connectivity index (χ3v) is 9.71. The highest BCUT2D eigenvalue weighted by Gasteiger charge is 2.34. The van der Waals surface area contributed by atoms with Crippen LogP contribution in [0.3, 0.4) is 0 Å². The number of hydrogen-bond acceptors (Lipinski definition) is 4. The van der Waals surface area contributed by atoms with E-state index in [1.807, 2.05) is 19.0 Å². The van der Waals surface area contributed by atoms with E-state index in [0.717, 1.165) is 32.5 Å². The highest BCUT2D eigenvalue weighted by molar-refractivity contribution is 5.79. The van der Waals surface area contributed by atoms with E-state index in [1.165, 1.54) is 167 Å². The molecular weight excluding hydrogens is 592 g/mol. The fourth-order valence-electron chi connectivity index (χ4n) is 6.66. The Labute approximate surface area is 300 Å². The summed E-state index contributed by atoms with van der Waals surface area (Å²) in [5, 5.41) is 0. The topological polar surface area (TPSA) is 42.0 Å². The fourth-order valence-corrected chi connectivity index (χ4v) is 6.66. The first-order chi connectivity index (χ1) is 23.6. The van der Waals surface area contributed by atoms with Crippen LogP contribution in [0.2, 0.25) is 0 Å². The summed E-state index contributed by atoms with van der Waals surface area (Å²) < 4.78 is 11.8. The molecule has 2 unspecified atom stereocenters. The van der Waals surface area contributed by atoms with Crippen molar-refractivity contribution < 1.29 is 14.3 Å². The summed E-state index contributed by atoms with van der Waals surface area (Å²) in [7, 11) is 4.07. The molecule has 5 nitrogen and oxygen atoms in total. The normalized spacial score (nSPS) is 16.7. The van der Waals surface area contributed by atoms with Crippen LogP contribution in [0.25, 0.3) is 0 Å². The molecule has 0 radical (unpaired) electrons. The third-order valence-electron chi connectivity index (χ3n) is 9.71. The Morgan fingerprint density at radius 2 is 0.896 bits per heavy atom. The molecule has 5 heteroatoms. The molecule has 0 N–H and O–H groups in total. The van der Waals surface area contributed by atoms with Crippen molar-refractivity contribution in [3.05, 3.63) is 24.3 Å². The van der Waals surface area contributed by atoms with Crippen molar-refractivity contribution in [2.45, 2.75) is 206 Å². The first-order valence-electron chi connectivity index (χ1n) is 21.1. The van der Waals surface area contributed by atoms with Gasteiger partial charge in [0.05, 0.1) is 12.7 Å². The quantitative estimate of drug-likeness (QED) is 0.0496. The first-order valence-corrected chi connectivity index (χ1v) is 21.1. The number of amides is 1. The first kappa shape index (κ1) is 44.9. The van der Waals surface area contributed by atoms with Gasteiger partial charge in [0.15, 0.2) is 0 Å². The molecule has 1 aliphatic rings. The molecule has 1 aliphatic heterocycles. The van der Waals surface area contributed by atoms with Gasteiger partial charge in [-0.25, -0.2) is 0 Å². The highest BCUT2D eigenvalue weighted by Crippen LogP contribution is 2.18. The van der Waals surface area contributed by atoms with Gasteiger partial charge in [-0.1, -0.05) is 154 Å². The molecular formula is C43H82N2O3. The third kappa shape index (κ3) is 27.6. The summed E-state index contributed by atoms with van der Waals surface area (Å²) in [5.41, 5.74) is 0. The van der Waals surface area contributed by atoms with E-state index >= 15 is 0 Å². The van der Waals surface area contributed by atoms with Crippen LogP contribution < -0.4 is 0 Å². The van der Waals surface area contributed by atoms with Crippen molar-refractivity contribution in [1.29, 1.82) is 0 Å². The SMILES string of the molecule is CCCCCCCC/C=C\CCCCCCCCN(CCCCCCCC/C=C\CCCCCCCC)C(=O)C1OCC(CN(C)C)O1. The Hall–Kier alpha value is -1.17. The van der Waals surface area contributed by atoms with Crippen molar-refractivity contribution in [2.24, 2.45) is 0 Å². The van der Waals surface area contributed by atoms with Gasteiger partial charge >= 0.3 is 0 Å². The monoisotopic (exact) mass is 675 g/mol. The average Bonchev–Trinajstić information content (AvgIpc) is 3.54. The molecule has 48 heavy (non-hydrogen) atoms. The van der Waals surface area contributed by atoms with E-state index in [-0.39, 0.29) is 12.0 Å². The zero-order chi connectivity index (χ0) is 34.8. The number of nitrogens with zero attached hydrogens (tertiary/aromatic N) is 2. The maximum Gasteiger partial charge on any atom is 0.279 e. The average molecular weight is 675 g/mol. The highest BCUT2D eigenvalue weighted by atomic mass is 16.7. The molecule has 0 bridgehead atoms. The second-order valence-electron chi connectivity index (χ2n) is 14.9. The van der Waals surface area contributed by atoms with Crippen LogP contribution >= 0.6 is 0 Å². The zero-order valence-corrected chi connectivity index (χ0v) is 32.7. The fraction of sp³-hybridized carbons (Fsp3) is 0.884. The lowest BCUT2D eigenvalue weighted by Gasteiger charge is -2.25. The number of likely N-dealkylation sites (N-methyl/N-ethyl adjacent to an activating group) is 1. The van der Waals surface area contributed by atoms with E-state index in [1.54, 1.807) is 0 Å². The Bertz CT molecular complexity index is 710. The van der Waals surface area contributed by atoms with Gasteiger partial charge in [0.1, 0.15) is 0 Å².